The summed E-state index contributed by atoms with van der Waals surface area (Å²) in [6.45, 7) is -2.63. The summed E-state index contributed by atoms with van der Waals surface area (Å²) in [5.74, 6) is -13.9. The lowest BCUT2D eigenvalue weighted by Gasteiger charge is -2.29. The van der Waals surface area contributed by atoms with E-state index in [-0.39, 0.29) is 70.6 Å². The normalized spacial score (nSPS) is 19.9. The van der Waals surface area contributed by atoms with Gasteiger partial charge in [0.15, 0.2) is 0 Å². The summed E-state index contributed by atoms with van der Waals surface area (Å²) in [6.07, 6.45) is -1.90. The average Bonchev–Trinajstić information content (AvgIpc) is 1.68. The number of aliphatic hydroxyl groups excluding tert-OH is 3. The molecule has 0 aliphatic carbocycles. The molecule has 1 fully saturated rings. The summed E-state index contributed by atoms with van der Waals surface area (Å²) in [7, 11) is 1.76. The van der Waals surface area contributed by atoms with Crippen LogP contribution in [0.4, 0.5) is 0 Å². The van der Waals surface area contributed by atoms with E-state index >= 15 is 9.59 Å². The van der Waals surface area contributed by atoms with Crippen LogP contribution in [0.5, 0.6) is 0 Å². The number of benzene rings is 3. The highest BCUT2D eigenvalue weighted by molar-refractivity contribution is 8.76. The topological polar surface area (TPSA) is 494 Å². The Kier molecular flexibility index (Phi) is 32.5. The first kappa shape index (κ1) is 78.0. The number of hydrogen-bond acceptors (Lipinski definition) is 21. The molecule has 32 nitrogen and oxygen atoms in total. The summed E-state index contributed by atoms with van der Waals surface area (Å²) in [6, 6.07) is 11.6. The standard InChI is InChI=1S/C62H85N13O19S2/c1-36(77)47(33-76)69-61(93)49-35-96-95-34-48(70-57(89)44(24-38-12-5-3-6-13-38)65-50(79)28-74(30-52(82)83)22-20-73(29-51(80)81)21-23-75(31-53(84)85)32-54(86)87)60(92)67-45(25-39-14-7-4-8-15-39)58(90)68-46(26-40-27-64-42-17-10-9-16-41(40)42)59(91)66-43(18-11-19-63)56(88)72-55(37(2)78)62(94)71-49/h3-10,12-17,27,36-37,43-49,55,64,76-78H,11,18-26,28-35,63H2,1-2H3,(H,65,79)(H,66,91)(H,67,92)(H,68,90)(H,69,93)(H,70,89)(H,71,94)(H,72,88)(H,80,81)(H,82,83)(H,84,85)(H,86,87)/t36-,37?,43+,44-,45+,46-,47-,48+,49+,55+/m1/s1. The van der Waals surface area contributed by atoms with Crippen molar-refractivity contribution in [2.24, 2.45) is 5.73 Å². The summed E-state index contributed by atoms with van der Waals surface area (Å²) in [5.41, 5.74) is 8.14. The van der Waals surface area contributed by atoms with E-state index in [9.17, 15) is 83.7 Å². The summed E-state index contributed by atoms with van der Waals surface area (Å²) < 4.78 is 0. The van der Waals surface area contributed by atoms with E-state index in [1.54, 1.807) is 91.1 Å². The quantitative estimate of drug-likeness (QED) is 0.0203. The number of carboxylic acids is 4. The maximum Gasteiger partial charge on any atom is 0.317 e. The summed E-state index contributed by atoms with van der Waals surface area (Å²) in [4.78, 5) is 170. The molecule has 4 aromatic rings. The molecule has 96 heavy (non-hydrogen) atoms. The van der Waals surface area contributed by atoms with Gasteiger partial charge in [0, 0.05) is 74.0 Å². The molecule has 34 heteroatoms. The number of nitrogens with two attached hydrogens (primary N) is 1. The zero-order valence-corrected chi connectivity index (χ0v) is 54.6. The fourth-order valence-electron chi connectivity index (χ4n) is 10.1. The van der Waals surface area contributed by atoms with Gasteiger partial charge in [-0.15, -0.1) is 0 Å². The number of H-pyrrole nitrogens is 1. The van der Waals surface area contributed by atoms with Crippen LogP contribution in [0.25, 0.3) is 10.9 Å². The van der Waals surface area contributed by atoms with Crippen molar-refractivity contribution in [2.75, 3.05) is 83.6 Å². The number of hydrogen-bond donors (Lipinski definition) is 17. The molecule has 1 unspecified atom stereocenters. The first-order valence-electron chi connectivity index (χ1n) is 30.7. The molecule has 0 saturated carbocycles. The molecule has 1 aromatic heterocycles. The zero-order valence-electron chi connectivity index (χ0n) is 52.9. The number of carbonyl (C=O) groups is 12. The van der Waals surface area contributed by atoms with Crippen molar-refractivity contribution in [3.05, 3.63) is 108 Å². The molecule has 0 spiro atoms. The van der Waals surface area contributed by atoms with Gasteiger partial charge in [-0.2, -0.15) is 0 Å². The van der Waals surface area contributed by atoms with Crippen molar-refractivity contribution >= 4 is 104 Å². The minimum atomic E-state index is -1.78. The number of rotatable bonds is 33. The van der Waals surface area contributed by atoms with Gasteiger partial charge in [-0.05, 0) is 56.0 Å². The molecule has 1 saturated heterocycles. The Morgan fingerprint density at radius 1 is 0.594 bits per heavy atom. The van der Waals surface area contributed by atoms with Crippen LogP contribution in [0.15, 0.2) is 91.1 Å². The molecule has 10 atom stereocenters. The Morgan fingerprint density at radius 3 is 1.68 bits per heavy atom. The summed E-state index contributed by atoms with van der Waals surface area (Å²) >= 11 is 0. The molecular weight excluding hydrogens is 1290 g/mol. The molecular formula is C62H85N13O19S2. The third-order valence-electron chi connectivity index (χ3n) is 15.2. The van der Waals surface area contributed by atoms with Crippen molar-refractivity contribution in [1.82, 2.24) is 62.2 Å². The van der Waals surface area contributed by atoms with Crippen molar-refractivity contribution < 1.29 is 93.3 Å². The Balaban J connectivity index is 1.56. The van der Waals surface area contributed by atoms with Gasteiger partial charge in [-0.1, -0.05) is 100 Å². The largest absolute Gasteiger partial charge is 0.480 e. The van der Waals surface area contributed by atoms with Gasteiger partial charge in [0.25, 0.3) is 0 Å². The number of nitrogens with zero attached hydrogens (tertiary/aromatic N) is 3. The second-order valence-electron chi connectivity index (χ2n) is 22.9. The smallest absolute Gasteiger partial charge is 0.317 e. The molecule has 18 N–H and O–H groups in total. The highest BCUT2D eigenvalue weighted by Gasteiger charge is 2.37. The number of aliphatic carboxylic acids is 4. The number of para-hydroxylation sites is 1. The Labute approximate surface area is 560 Å². The van der Waals surface area contributed by atoms with Crippen LogP contribution in [0.1, 0.15) is 43.4 Å². The van der Waals surface area contributed by atoms with Gasteiger partial charge in [-0.3, -0.25) is 72.2 Å². The van der Waals surface area contributed by atoms with Gasteiger partial charge in [0.05, 0.1) is 57.6 Å². The lowest BCUT2D eigenvalue weighted by molar-refractivity contribution is -0.143. The van der Waals surface area contributed by atoms with Gasteiger partial charge in [0.2, 0.25) is 47.3 Å². The fourth-order valence-corrected chi connectivity index (χ4v) is 12.4. The average molecular weight is 1380 g/mol. The minimum absolute atomic E-state index is 0.0436. The second kappa shape index (κ2) is 40.0. The molecule has 8 amide bonds. The fraction of sp³-hybridized carbons (Fsp3) is 0.484. The number of nitrogens with one attached hydrogen (secondary N) is 9. The van der Waals surface area contributed by atoms with Gasteiger partial charge < -0.3 is 89.0 Å². The second-order valence-corrected chi connectivity index (χ2v) is 25.5. The Bertz CT molecular complexity index is 3260. The zero-order chi connectivity index (χ0) is 70.4. The maximum atomic E-state index is 15.2. The molecule has 1 aliphatic rings. The van der Waals surface area contributed by atoms with Crippen LogP contribution in [0.3, 0.4) is 0 Å². The third kappa shape index (κ3) is 26.8. The van der Waals surface area contributed by atoms with Crippen LogP contribution in [-0.4, -0.2) is 271 Å². The molecule has 0 radical (unpaired) electrons. The van der Waals surface area contributed by atoms with Crippen LogP contribution < -0.4 is 48.3 Å². The van der Waals surface area contributed by atoms with Gasteiger partial charge >= 0.3 is 23.9 Å². The highest BCUT2D eigenvalue weighted by Crippen LogP contribution is 2.25. The predicted octanol–water partition coefficient (Wildman–Crippen LogP) is -3.79. The van der Waals surface area contributed by atoms with E-state index in [2.05, 4.69) is 47.5 Å². The Hall–Kier alpha value is -8.74. The van der Waals surface area contributed by atoms with Crippen molar-refractivity contribution in [3.8, 4) is 0 Å². The number of aromatic amines is 1. The predicted molar refractivity (Wildman–Crippen MR) is 351 cm³/mol. The molecule has 2 heterocycles. The van der Waals surface area contributed by atoms with Crippen molar-refractivity contribution in [1.29, 1.82) is 0 Å². The van der Waals surface area contributed by atoms with Crippen LogP contribution in [0.2, 0.25) is 0 Å². The lowest BCUT2D eigenvalue weighted by atomic mass is 10.0. The number of aromatic nitrogens is 1. The van der Waals surface area contributed by atoms with Gasteiger partial charge in [0.1, 0.15) is 42.3 Å². The third-order valence-corrected chi connectivity index (χ3v) is 17.6. The number of carbonyl (C=O) groups excluding carboxylic acids is 8. The van der Waals surface area contributed by atoms with E-state index in [1.165, 1.54) is 18.7 Å². The van der Waals surface area contributed by atoms with Crippen molar-refractivity contribution in [2.45, 2.75) is 106 Å². The van der Waals surface area contributed by atoms with Crippen molar-refractivity contribution in [3.63, 3.8) is 0 Å². The van der Waals surface area contributed by atoms with E-state index in [4.69, 9.17) is 5.73 Å². The molecule has 5 rings (SSSR count). The van der Waals surface area contributed by atoms with Crippen LogP contribution in [-0.2, 0) is 76.8 Å². The Morgan fingerprint density at radius 2 is 1.10 bits per heavy atom. The van der Waals surface area contributed by atoms with E-state index in [0.717, 1.165) is 31.4 Å². The number of carboxylic acid groups (broad SMARTS) is 4. The monoisotopic (exact) mass is 1380 g/mol. The molecule has 1 aliphatic heterocycles. The molecule has 3 aromatic carbocycles. The number of amides is 8. The van der Waals surface area contributed by atoms with Gasteiger partial charge in [-0.25, -0.2) is 0 Å². The lowest BCUT2D eigenvalue weighted by Crippen LogP contribution is -2.62. The van der Waals surface area contributed by atoms with E-state index in [1.807, 2.05) is 0 Å². The SMILES string of the molecule is CC(O)[C@@H]1NC(=O)[C@H](CCCN)NC(=O)[C@@H](Cc2c[nH]c3ccccc23)NC(=O)[C@H](Cc2ccccc2)NC(=O)[C@@H](NC(=O)[C@@H](Cc2ccccc2)NC(=O)CN(CCN(CCN(CC(=O)O)CC(=O)O)CC(=O)O)CC(=O)O)CSSC[C@@H](C(=O)N[C@H](CO)[C@@H](C)O)NC1=O. The maximum absolute atomic E-state index is 15.2. The van der Waals surface area contributed by atoms with Crippen LogP contribution >= 0.6 is 21.6 Å². The van der Waals surface area contributed by atoms with E-state index < -0.39 is 177 Å². The molecule has 0 bridgehead atoms. The molecule has 524 valence electrons. The number of aliphatic hydroxyl groups is 3. The minimum Gasteiger partial charge on any atom is -0.480 e. The number of fused-ring (bicyclic) bond motifs is 1. The van der Waals surface area contributed by atoms with Crippen LogP contribution in [0, 0.1) is 0 Å². The van der Waals surface area contributed by atoms with E-state index in [0.29, 0.717) is 27.6 Å². The first-order valence-corrected chi connectivity index (χ1v) is 33.2. The first-order chi connectivity index (χ1) is 45.7. The highest BCUT2D eigenvalue weighted by atomic mass is 33.1. The summed E-state index contributed by atoms with van der Waals surface area (Å²) in [5, 5.41) is 91.3.